The number of thiazole rings is 1. The Morgan fingerprint density at radius 1 is 1.24 bits per heavy atom. The van der Waals surface area contributed by atoms with Gasteiger partial charge in [0.2, 0.25) is 11.8 Å². The summed E-state index contributed by atoms with van der Waals surface area (Å²) in [6.07, 6.45) is 0. The number of methoxy groups -OCH3 is 1. The van der Waals surface area contributed by atoms with Crippen LogP contribution in [0.2, 0.25) is 0 Å². The molecule has 1 aromatic heterocycles. The van der Waals surface area contributed by atoms with E-state index in [9.17, 15) is 9.59 Å². The van der Waals surface area contributed by atoms with Crippen molar-refractivity contribution < 1.29 is 14.3 Å². The van der Waals surface area contributed by atoms with Crippen molar-refractivity contribution in [2.75, 3.05) is 29.7 Å². The maximum absolute atomic E-state index is 11.5. The van der Waals surface area contributed by atoms with Crippen LogP contribution < -0.4 is 16.0 Å². The number of nitrogens with zero attached hydrogens (tertiary/aromatic N) is 1. The van der Waals surface area contributed by atoms with Gasteiger partial charge in [-0.2, -0.15) is 0 Å². The summed E-state index contributed by atoms with van der Waals surface area (Å²) in [6.45, 7) is 5.47. The van der Waals surface area contributed by atoms with E-state index in [2.05, 4.69) is 20.9 Å². The van der Waals surface area contributed by atoms with E-state index < -0.39 is 0 Å². The van der Waals surface area contributed by atoms with Gasteiger partial charge in [0, 0.05) is 43.6 Å². The predicted molar refractivity (Wildman–Crippen MR) is 101 cm³/mol. The first kappa shape index (κ1) is 18.9. The molecule has 0 saturated carbocycles. The number of hydrogen-bond acceptors (Lipinski definition) is 6. The van der Waals surface area contributed by atoms with E-state index in [0.717, 1.165) is 16.4 Å². The van der Waals surface area contributed by atoms with Crippen molar-refractivity contribution in [2.45, 2.75) is 26.8 Å². The van der Waals surface area contributed by atoms with Gasteiger partial charge in [0.1, 0.15) is 0 Å². The lowest BCUT2D eigenvalue weighted by molar-refractivity contribution is -0.115. The van der Waals surface area contributed by atoms with E-state index in [1.807, 2.05) is 18.4 Å². The van der Waals surface area contributed by atoms with Crippen molar-refractivity contribution in [3.63, 3.8) is 0 Å². The molecule has 2 rings (SSSR count). The van der Waals surface area contributed by atoms with E-state index in [4.69, 9.17) is 4.74 Å². The summed E-state index contributed by atoms with van der Waals surface area (Å²) in [5, 5.41) is 11.5. The largest absolute Gasteiger partial charge is 0.383 e. The summed E-state index contributed by atoms with van der Waals surface area (Å²) >= 11 is 1.48. The number of carbonyl (C=O) groups is 2. The third kappa shape index (κ3) is 5.54. The van der Waals surface area contributed by atoms with Crippen molar-refractivity contribution in [1.29, 1.82) is 0 Å². The summed E-state index contributed by atoms with van der Waals surface area (Å²) in [4.78, 5) is 27.3. The summed E-state index contributed by atoms with van der Waals surface area (Å²) in [7, 11) is 1.65. The third-order valence-corrected chi connectivity index (χ3v) is 3.99. The van der Waals surface area contributed by atoms with Crippen LogP contribution in [0.25, 0.3) is 11.3 Å². The number of rotatable bonds is 7. The van der Waals surface area contributed by atoms with E-state index in [0.29, 0.717) is 18.0 Å². The fraction of sp³-hybridized carbons (Fsp3) is 0.353. The monoisotopic (exact) mass is 362 g/mol. The number of aromatic nitrogens is 1. The maximum Gasteiger partial charge on any atom is 0.221 e. The molecule has 0 saturated heterocycles. The van der Waals surface area contributed by atoms with Crippen molar-refractivity contribution in [2.24, 2.45) is 0 Å². The molecule has 0 spiro atoms. The number of anilines is 3. The van der Waals surface area contributed by atoms with Gasteiger partial charge in [0.15, 0.2) is 5.13 Å². The van der Waals surface area contributed by atoms with E-state index >= 15 is 0 Å². The molecule has 8 heteroatoms. The molecule has 1 atom stereocenters. The quantitative estimate of drug-likeness (QED) is 0.703. The molecule has 0 fully saturated rings. The molecule has 0 aliphatic carbocycles. The second kappa shape index (κ2) is 8.59. The molecular formula is C17H22N4O3S. The second-order valence-electron chi connectivity index (χ2n) is 5.66. The van der Waals surface area contributed by atoms with Gasteiger partial charge in [-0.3, -0.25) is 9.59 Å². The first-order valence-electron chi connectivity index (χ1n) is 7.79. The van der Waals surface area contributed by atoms with Crippen LogP contribution in [0.3, 0.4) is 0 Å². The standard InChI is InChI=1S/C17H22N4O3S/c1-10(8-24-4)18-17-21-16(9-25-17)14-6-5-13(19-11(2)22)7-15(14)20-12(3)23/h5-7,9-10H,8H2,1-4H3,(H,18,21)(H,19,22)(H,20,23)/t10-/m0/s1. The number of nitrogens with one attached hydrogen (secondary N) is 3. The zero-order valence-corrected chi connectivity index (χ0v) is 15.5. The zero-order valence-electron chi connectivity index (χ0n) is 14.7. The fourth-order valence-electron chi connectivity index (χ4n) is 2.31. The van der Waals surface area contributed by atoms with Gasteiger partial charge in [-0.1, -0.05) is 0 Å². The highest BCUT2D eigenvalue weighted by Crippen LogP contribution is 2.33. The molecular weight excluding hydrogens is 340 g/mol. The van der Waals surface area contributed by atoms with Crippen LogP contribution in [0.4, 0.5) is 16.5 Å². The van der Waals surface area contributed by atoms with Crippen LogP contribution in [-0.2, 0) is 14.3 Å². The molecule has 2 amide bonds. The van der Waals surface area contributed by atoms with Crippen LogP contribution in [0.1, 0.15) is 20.8 Å². The van der Waals surface area contributed by atoms with Crippen molar-refractivity contribution in [3.8, 4) is 11.3 Å². The van der Waals surface area contributed by atoms with Crippen LogP contribution in [0, 0.1) is 0 Å². The number of amides is 2. The highest BCUT2D eigenvalue weighted by molar-refractivity contribution is 7.14. The van der Waals surface area contributed by atoms with Gasteiger partial charge >= 0.3 is 0 Å². The predicted octanol–water partition coefficient (Wildman–Crippen LogP) is 3.17. The molecule has 1 aromatic carbocycles. The molecule has 0 unspecified atom stereocenters. The Morgan fingerprint density at radius 3 is 2.60 bits per heavy atom. The van der Waals surface area contributed by atoms with Gasteiger partial charge < -0.3 is 20.7 Å². The summed E-state index contributed by atoms with van der Waals surface area (Å²) in [5.74, 6) is -0.364. The molecule has 25 heavy (non-hydrogen) atoms. The molecule has 1 heterocycles. The number of ether oxygens (including phenoxy) is 1. The number of carbonyl (C=O) groups excluding carboxylic acids is 2. The normalized spacial score (nSPS) is 11.7. The molecule has 7 nitrogen and oxygen atoms in total. The topological polar surface area (TPSA) is 92.3 Å². The average Bonchev–Trinajstić information content (AvgIpc) is 2.94. The molecule has 0 aliphatic rings. The lowest BCUT2D eigenvalue weighted by atomic mass is 10.1. The lowest BCUT2D eigenvalue weighted by Gasteiger charge is -2.12. The zero-order chi connectivity index (χ0) is 18.4. The van der Waals surface area contributed by atoms with E-state index in [1.54, 1.807) is 19.2 Å². The molecule has 3 N–H and O–H groups in total. The van der Waals surface area contributed by atoms with Crippen LogP contribution in [0.5, 0.6) is 0 Å². The Balaban J connectivity index is 2.29. The minimum atomic E-state index is -0.191. The SMILES string of the molecule is COC[C@H](C)Nc1nc(-c2ccc(NC(C)=O)cc2NC(C)=O)cs1. The Kier molecular flexibility index (Phi) is 6.49. The molecule has 2 aromatic rings. The van der Waals surface area contributed by atoms with Gasteiger partial charge in [-0.05, 0) is 25.1 Å². The molecule has 0 aliphatic heterocycles. The first-order chi connectivity index (χ1) is 11.9. The maximum atomic E-state index is 11.5. The number of hydrogen-bond donors (Lipinski definition) is 3. The highest BCUT2D eigenvalue weighted by Gasteiger charge is 2.13. The fourth-order valence-corrected chi connectivity index (χ4v) is 3.13. The van der Waals surface area contributed by atoms with Crippen molar-refractivity contribution in [1.82, 2.24) is 4.98 Å². The molecule has 0 radical (unpaired) electrons. The van der Waals surface area contributed by atoms with E-state index in [-0.39, 0.29) is 17.9 Å². The van der Waals surface area contributed by atoms with Crippen molar-refractivity contribution in [3.05, 3.63) is 23.6 Å². The summed E-state index contributed by atoms with van der Waals surface area (Å²) < 4.78 is 5.11. The van der Waals surface area contributed by atoms with Crippen LogP contribution >= 0.6 is 11.3 Å². The Bertz CT molecular complexity index is 760. The lowest BCUT2D eigenvalue weighted by Crippen LogP contribution is -2.20. The third-order valence-electron chi connectivity index (χ3n) is 3.22. The van der Waals surface area contributed by atoms with Gasteiger partial charge in [0.25, 0.3) is 0 Å². The Hall–Kier alpha value is -2.45. The van der Waals surface area contributed by atoms with Crippen LogP contribution in [-0.4, -0.2) is 36.6 Å². The van der Waals surface area contributed by atoms with E-state index in [1.165, 1.54) is 25.2 Å². The second-order valence-corrected chi connectivity index (χ2v) is 6.52. The summed E-state index contributed by atoms with van der Waals surface area (Å²) in [6, 6.07) is 5.47. The molecule has 134 valence electrons. The smallest absolute Gasteiger partial charge is 0.221 e. The first-order valence-corrected chi connectivity index (χ1v) is 8.67. The highest BCUT2D eigenvalue weighted by atomic mass is 32.1. The van der Waals surface area contributed by atoms with Crippen molar-refractivity contribution >= 4 is 39.7 Å². The van der Waals surface area contributed by atoms with Gasteiger partial charge in [-0.15, -0.1) is 11.3 Å². The number of benzene rings is 1. The average molecular weight is 362 g/mol. The molecule has 0 bridgehead atoms. The van der Waals surface area contributed by atoms with Crippen LogP contribution in [0.15, 0.2) is 23.6 Å². The minimum Gasteiger partial charge on any atom is -0.383 e. The summed E-state index contributed by atoms with van der Waals surface area (Å²) in [5.41, 5.74) is 2.74. The Morgan fingerprint density at radius 2 is 1.96 bits per heavy atom. The Labute approximate surface area is 150 Å². The van der Waals surface area contributed by atoms with Gasteiger partial charge in [-0.25, -0.2) is 4.98 Å². The minimum absolute atomic E-state index is 0.140. The van der Waals surface area contributed by atoms with Gasteiger partial charge in [0.05, 0.1) is 18.0 Å².